The van der Waals surface area contributed by atoms with E-state index in [1.807, 2.05) is 11.3 Å². The van der Waals surface area contributed by atoms with Crippen molar-refractivity contribution >= 4 is 43.2 Å². The summed E-state index contributed by atoms with van der Waals surface area (Å²) in [5.74, 6) is 0.925. The number of rotatable bonds is 5. The van der Waals surface area contributed by atoms with Crippen LogP contribution in [0.15, 0.2) is 28.7 Å². The lowest BCUT2D eigenvalue weighted by Crippen LogP contribution is -1.97. The molecule has 0 bridgehead atoms. The zero-order chi connectivity index (χ0) is 14.8. The first kappa shape index (κ1) is 15.6. The monoisotopic (exact) mass is 428 g/mol. The SMILES string of the molecule is CCCOc1ccc(C(Br)c2cc3c(s2)CCC3)cc1Br. The molecule has 0 N–H and O–H groups in total. The summed E-state index contributed by atoms with van der Waals surface area (Å²) in [6.07, 6.45) is 4.85. The molecule has 3 rings (SSSR count). The van der Waals surface area contributed by atoms with Gasteiger partial charge in [0.25, 0.3) is 0 Å². The standard InChI is InChI=1S/C17H18Br2OS/c1-2-8-20-14-7-6-12(9-13(14)18)17(19)16-10-11-4-3-5-15(11)21-16/h6-7,9-10,17H,2-5,8H2,1H3. The third-order valence-electron chi connectivity index (χ3n) is 3.73. The van der Waals surface area contributed by atoms with Gasteiger partial charge in [0.2, 0.25) is 0 Å². The lowest BCUT2D eigenvalue weighted by molar-refractivity contribution is 0.315. The van der Waals surface area contributed by atoms with E-state index in [1.165, 1.54) is 29.7 Å². The number of thiophene rings is 1. The summed E-state index contributed by atoms with van der Waals surface area (Å²) in [4.78, 5) is 3.26. The fourth-order valence-electron chi connectivity index (χ4n) is 2.65. The van der Waals surface area contributed by atoms with Crippen molar-refractivity contribution in [1.29, 1.82) is 0 Å². The van der Waals surface area contributed by atoms with E-state index < -0.39 is 0 Å². The average Bonchev–Trinajstić information content (AvgIpc) is 3.06. The molecule has 21 heavy (non-hydrogen) atoms. The van der Waals surface area contributed by atoms with Gasteiger partial charge in [-0.15, -0.1) is 11.3 Å². The minimum absolute atomic E-state index is 0.268. The van der Waals surface area contributed by atoms with Gasteiger partial charge in [-0.05, 0) is 70.9 Å². The molecule has 1 unspecified atom stereocenters. The fourth-order valence-corrected chi connectivity index (χ4v) is 5.12. The van der Waals surface area contributed by atoms with E-state index >= 15 is 0 Å². The van der Waals surface area contributed by atoms with Crippen LogP contribution in [0.2, 0.25) is 0 Å². The molecule has 0 spiro atoms. The molecule has 0 saturated carbocycles. The van der Waals surface area contributed by atoms with Gasteiger partial charge in [-0.3, -0.25) is 0 Å². The number of ether oxygens (including phenoxy) is 1. The average molecular weight is 430 g/mol. The Morgan fingerprint density at radius 3 is 2.86 bits per heavy atom. The molecule has 1 aromatic heterocycles. The number of hydrogen-bond donors (Lipinski definition) is 0. The Kier molecular flexibility index (Phi) is 5.07. The molecule has 1 aliphatic carbocycles. The number of fused-ring (bicyclic) bond motifs is 1. The predicted molar refractivity (Wildman–Crippen MR) is 97.0 cm³/mol. The molecular formula is C17H18Br2OS. The third kappa shape index (κ3) is 3.38. The summed E-state index contributed by atoms with van der Waals surface area (Å²) in [7, 11) is 0. The molecule has 1 aliphatic rings. The minimum atomic E-state index is 0.268. The molecule has 4 heteroatoms. The molecule has 0 radical (unpaired) electrons. The Bertz CT molecular complexity index is 614. The summed E-state index contributed by atoms with van der Waals surface area (Å²) < 4.78 is 6.75. The largest absolute Gasteiger partial charge is 0.492 e. The molecule has 1 nitrogen and oxygen atoms in total. The Balaban J connectivity index is 1.80. The van der Waals surface area contributed by atoms with Crippen LogP contribution in [0.1, 0.15) is 45.5 Å². The van der Waals surface area contributed by atoms with E-state index in [4.69, 9.17) is 4.74 Å². The van der Waals surface area contributed by atoms with Gasteiger partial charge >= 0.3 is 0 Å². The van der Waals surface area contributed by atoms with Crippen molar-refractivity contribution in [2.24, 2.45) is 0 Å². The van der Waals surface area contributed by atoms with Crippen LogP contribution in [0, 0.1) is 0 Å². The first-order valence-electron chi connectivity index (χ1n) is 7.37. The summed E-state index contributed by atoms with van der Waals surface area (Å²) in [6.45, 7) is 2.88. The van der Waals surface area contributed by atoms with Crippen LogP contribution in [0.25, 0.3) is 0 Å². The molecule has 1 heterocycles. The van der Waals surface area contributed by atoms with Gasteiger partial charge in [-0.2, -0.15) is 0 Å². The predicted octanol–water partition coefficient (Wildman–Crippen LogP) is 6.27. The van der Waals surface area contributed by atoms with Crippen LogP contribution in [0.4, 0.5) is 0 Å². The first-order valence-corrected chi connectivity index (χ1v) is 9.89. The van der Waals surface area contributed by atoms with Crippen molar-refractivity contribution in [3.8, 4) is 5.75 Å². The zero-order valence-electron chi connectivity index (χ0n) is 12.0. The Hall–Kier alpha value is -0.320. The molecule has 0 aliphatic heterocycles. The minimum Gasteiger partial charge on any atom is -0.492 e. The summed E-state index contributed by atoms with van der Waals surface area (Å²) in [6, 6.07) is 8.75. The van der Waals surface area contributed by atoms with Gasteiger partial charge in [0.05, 0.1) is 15.9 Å². The van der Waals surface area contributed by atoms with Gasteiger partial charge in [0.1, 0.15) is 5.75 Å². The second kappa shape index (κ2) is 6.84. The summed E-state index contributed by atoms with van der Waals surface area (Å²) in [5.41, 5.74) is 2.83. The highest BCUT2D eigenvalue weighted by molar-refractivity contribution is 9.10. The Morgan fingerprint density at radius 1 is 1.29 bits per heavy atom. The normalized spacial score (nSPS) is 15.0. The van der Waals surface area contributed by atoms with Gasteiger partial charge in [0.15, 0.2) is 0 Å². The molecule has 0 amide bonds. The van der Waals surface area contributed by atoms with E-state index in [-0.39, 0.29) is 4.83 Å². The van der Waals surface area contributed by atoms with Gasteiger partial charge in [0, 0.05) is 9.75 Å². The van der Waals surface area contributed by atoms with Crippen molar-refractivity contribution in [2.75, 3.05) is 6.61 Å². The molecule has 0 fully saturated rings. The van der Waals surface area contributed by atoms with E-state index in [0.29, 0.717) is 0 Å². The highest BCUT2D eigenvalue weighted by Gasteiger charge is 2.20. The molecule has 1 aromatic carbocycles. The lowest BCUT2D eigenvalue weighted by Gasteiger charge is -2.12. The van der Waals surface area contributed by atoms with Crippen molar-refractivity contribution in [2.45, 2.75) is 37.4 Å². The van der Waals surface area contributed by atoms with Crippen molar-refractivity contribution in [3.05, 3.63) is 49.6 Å². The molecule has 0 saturated heterocycles. The number of aryl methyl sites for hydroxylation is 2. The fraction of sp³-hybridized carbons (Fsp3) is 0.412. The zero-order valence-corrected chi connectivity index (χ0v) is 16.0. The second-order valence-electron chi connectivity index (χ2n) is 5.35. The molecular weight excluding hydrogens is 412 g/mol. The van der Waals surface area contributed by atoms with Crippen LogP contribution < -0.4 is 4.74 Å². The number of benzene rings is 1. The number of halogens is 2. The van der Waals surface area contributed by atoms with E-state index in [1.54, 1.807) is 10.4 Å². The molecule has 1 atom stereocenters. The van der Waals surface area contributed by atoms with Crippen molar-refractivity contribution in [1.82, 2.24) is 0 Å². The maximum Gasteiger partial charge on any atom is 0.133 e. The molecule has 112 valence electrons. The summed E-state index contributed by atoms with van der Waals surface area (Å²) in [5, 5.41) is 0. The third-order valence-corrected chi connectivity index (χ3v) is 6.97. The number of alkyl halides is 1. The quantitative estimate of drug-likeness (QED) is 0.508. The highest BCUT2D eigenvalue weighted by Crippen LogP contribution is 2.41. The van der Waals surface area contributed by atoms with E-state index in [0.717, 1.165) is 23.2 Å². The van der Waals surface area contributed by atoms with Crippen LogP contribution in [-0.4, -0.2) is 6.61 Å². The van der Waals surface area contributed by atoms with Gasteiger partial charge in [-0.1, -0.05) is 28.9 Å². The Labute approximate surface area is 147 Å². The number of hydrogen-bond acceptors (Lipinski definition) is 2. The van der Waals surface area contributed by atoms with Crippen LogP contribution in [0.5, 0.6) is 5.75 Å². The van der Waals surface area contributed by atoms with Crippen molar-refractivity contribution < 1.29 is 4.74 Å². The van der Waals surface area contributed by atoms with Crippen LogP contribution >= 0.6 is 43.2 Å². The van der Waals surface area contributed by atoms with Gasteiger partial charge in [-0.25, -0.2) is 0 Å². The summed E-state index contributed by atoms with van der Waals surface area (Å²) >= 11 is 9.43. The van der Waals surface area contributed by atoms with Crippen LogP contribution in [0.3, 0.4) is 0 Å². The van der Waals surface area contributed by atoms with Crippen molar-refractivity contribution in [3.63, 3.8) is 0 Å². The van der Waals surface area contributed by atoms with E-state index in [2.05, 4.69) is 63.0 Å². The maximum absolute atomic E-state index is 5.72. The first-order chi connectivity index (χ1) is 10.2. The lowest BCUT2D eigenvalue weighted by atomic mass is 10.1. The van der Waals surface area contributed by atoms with Gasteiger partial charge < -0.3 is 4.74 Å². The second-order valence-corrected chi connectivity index (χ2v) is 8.29. The van der Waals surface area contributed by atoms with Crippen LogP contribution in [-0.2, 0) is 12.8 Å². The topological polar surface area (TPSA) is 9.23 Å². The maximum atomic E-state index is 5.72. The highest BCUT2D eigenvalue weighted by atomic mass is 79.9. The smallest absolute Gasteiger partial charge is 0.133 e. The molecule has 2 aromatic rings. The van der Waals surface area contributed by atoms with E-state index in [9.17, 15) is 0 Å². The Morgan fingerprint density at radius 2 is 2.14 bits per heavy atom.